The Labute approximate surface area is 205 Å². The first-order valence-electron chi connectivity index (χ1n) is 11.9. The topological polar surface area (TPSA) is 108 Å². The number of aliphatic hydroxyl groups excluding tert-OH is 1. The van der Waals surface area contributed by atoms with Crippen molar-refractivity contribution >= 4 is 17.5 Å². The maximum absolute atomic E-state index is 12.9. The van der Waals surface area contributed by atoms with Crippen LogP contribution < -0.4 is 5.73 Å². The van der Waals surface area contributed by atoms with E-state index in [0.717, 1.165) is 44.2 Å². The summed E-state index contributed by atoms with van der Waals surface area (Å²) in [6.07, 6.45) is 7.52. The summed E-state index contributed by atoms with van der Waals surface area (Å²) in [6.45, 7) is 0.518. The first-order valence-corrected chi connectivity index (χ1v) is 12.2. The van der Waals surface area contributed by atoms with Crippen molar-refractivity contribution in [2.75, 3.05) is 7.05 Å². The number of aromatic amines is 1. The van der Waals surface area contributed by atoms with Gasteiger partial charge in [-0.1, -0.05) is 36.2 Å². The number of nitrogens with zero attached hydrogens (tertiary/aromatic N) is 3. The van der Waals surface area contributed by atoms with Crippen LogP contribution in [-0.2, 0) is 25.8 Å². The van der Waals surface area contributed by atoms with Crippen molar-refractivity contribution in [3.63, 3.8) is 0 Å². The number of nitrogens with two attached hydrogens (primary N) is 1. The lowest BCUT2D eigenvalue weighted by atomic mass is 9.98. The molecule has 0 saturated heterocycles. The summed E-state index contributed by atoms with van der Waals surface area (Å²) in [5.41, 5.74) is 12.2. The van der Waals surface area contributed by atoms with E-state index in [1.54, 1.807) is 23.2 Å². The van der Waals surface area contributed by atoms with Gasteiger partial charge in [-0.05, 0) is 67.9 Å². The van der Waals surface area contributed by atoms with E-state index in [-0.39, 0.29) is 11.9 Å². The van der Waals surface area contributed by atoms with E-state index in [2.05, 4.69) is 15.2 Å². The van der Waals surface area contributed by atoms with Crippen LogP contribution in [0.2, 0.25) is 5.15 Å². The molecule has 2 heterocycles. The number of unbranched alkanes of at least 4 members (excludes halogenated alkanes) is 1. The molecule has 0 fully saturated rings. The first-order chi connectivity index (χ1) is 16.4. The van der Waals surface area contributed by atoms with Crippen molar-refractivity contribution in [2.24, 2.45) is 5.73 Å². The number of benzene rings is 1. The van der Waals surface area contributed by atoms with Gasteiger partial charge in [0.2, 0.25) is 0 Å². The van der Waals surface area contributed by atoms with Crippen LogP contribution in [0.15, 0.2) is 42.6 Å². The van der Waals surface area contributed by atoms with Crippen molar-refractivity contribution in [3.8, 4) is 0 Å². The van der Waals surface area contributed by atoms with Gasteiger partial charge < -0.3 is 15.7 Å². The molecule has 4 N–H and O–H groups in total. The first kappa shape index (κ1) is 24.4. The molecule has 2 atom stereocenters. The van der Waals surface area contributed by atoms with Gasteiger partial charge in [0.25, 0.3) is 5.91 Å². The highest BCUT2D eigenvalue weighted by molar-refractivity contribution is 6.29. The molecule has 1 amide bonds. The summed E-state index contributed by atoms with van der Waals surface area (Å²) in [6, 6.07) is 10.9. The fourth-order valence-corrected chi connectivity index (χ4v) is 4.64. The van der Waals surface area contributed by atoms with Gasteiger partial charge in [-0.15, -0.1) is 0 Å². The molecule has 4 rings (SSSR count). The number of halogens is 1. The van der Waals surface area contributed by atoms with Crippen LogP contribution in [0.1, 0.15) is 70.2 Å². The van der Waals surface area contributed by atoms with E-state index in [9.17, 15) is 9.90 Å². The number of amides is 1. The Morgan fingerprint density at radius 2 is 2.00 bits per heavy atom. The minimum Gasteiger partial charge on any atom is -0.387 e. The fraction of sp³-hybridized carbons (Fsp3) is 0.423. The zero-order valence-corrected chi connectivity index (χ0v) is 20.3. The smallest absolute Gasteiger partial charge is 0.253 e. The molecule has 1 aliphatic carbocycles. The molecule has 0 radical (unpaired) electrons. The lowest BCUT2D eigenvalue weighted by Crippen LogP contribution is -2.28. The second-order valence-electron chi connectivity index (χ2n) is 9.11. The monoisotopic (exact) mass is 481 g/mol. The lowest BCUT2D eigenvalue weighted by Gasteiger charge is -2.19. The van der Waals surface area contributed by atoms with Gasteiger partial charge in [-0.3, -0.25) is 9.89 Å². The van der Waals surface area contributed by atoms with Crippen molar-refractivity contribution in [3.05, 3.63) is 81.4 Å². The summed E-state index contributed by atoms with van der Waals surface area (Å²) in [5, 5.41) is 18.3. The van der Waals surface area contributed by atoms with Gasteiger partial charge in [-0.25, -0.2) is 4.98 Å². The third-order valence-electron chi connectivity index (χ3n) is 6.58. The quantitative estimate of drug-likeness (QED) is 0.299. The third kappa shape index (κ3) is 5.84. The van der Waals surface area contributed by atoms with Crippen LogP contribution >= 0.6 is 11.6 Å². The zero-order valence-electron chi connectivity index (χ0n) is 19.5. The molecule has 0 unspecified atom stereocenters. The second-order valence-corrected chi connectivity index (χ2v) is 9.50. The molecule has 180 valence electrons. The Morgan fingerprint density at radius 1 is 1.21 bits per heavy atom. The molecule has 7 nitrogen and oxygen atoms in total. The van der Waals surface area contributed by atoms with Crippen molar-refractivity contribution in [1.29, 1.82) is 0 Å². The number of rotatable bonds is 10. The summed E-state index contributed by atoms with van der Waals surface area (Å²) < 4.78 is 0. The predicted molar refractivity (Wildman–Crippen MR) is 133 cm³/mol. The molecular weight excluding hydrogens is 450 g/mol. The lowest BCUT2D eigenvalue weighted by molar-refractivity contribution is 0.0783. The Morgan fingerprint density at radius 3 is 2.74 bits per heavy atom. The number of aryl methyl sites for hydroxylation is 2. The number of H-pyrrole nitrogens is 1. The molecule has 34 heavy (non-hydrogen) atoms. The zero-order chi connectivity index (χ0) is 24.1. The molecule has 1 aromatic carbocycles. The Balaban J connectivity index is 1.21. The summed E-state index contributed by atoms with van der Waals surface area (Å²) in [7, 11) is 1.82. The largest absolute Gasteiger partial charge is 0.387 e. The highest BCUT2D eigenvalue weighted by atomic mass is 35.5. The number of hydrogen-bond donors (Lipinski definition) is 3. The molecule has 3 aromatic rings. The fourth-order valence-electron chi connectivity index (χ4n) is 4.53. The number of carbonyl (C=O) groups is 1. The SMILES string of the molecule is CN(Cc1n[nH]c2c1CCC2)C(=O)c1ccc(CCCC[C@@H](N)[C@H](O)c2ccc(Cl)nc2)cc1. The molecule has 0 aliphatic heterocycles. The van der Waals surface area contributed by atoms with E-state index in [4.69, 9.17) is 17.3 Å². The number of aliphatic hydroxyl groups is 1. The van der Waals surface area contributed by atoms with Gasteiger partial charge in [0, 0.05) is 36.1 Å². The Hall–Kier alpha value is -2.74. The average Bonchev–Trinajstić information content (AvgIpc) is 3.47. The normalized spacial score (nSPS) is 14.6. The van der Waals surface area contributed by atoms with Crippen LogP contribution in [0.4, 0.5) is 0 Å². The van der Waals surface area contributed by atoms with Gasteiger partial charge in [0.15, 0.2) is 0 Å². The summed E-state index contributed by atoms with van der Waals surface area (Å²) in [4.78, 5) is 18.6. The van der Waals surface area contributed by atoms with E-state index in [0.29, 0.717) is 29.2 Å². The molecule has 0 saturated carbocycles. The van der Waals surface area contributed by atoms with Gasteiger partial charge >= 0.3 is 0 Å². The maximum Gasteiger partial charge on any atom is 0.253 e. The number of hydrogen-bond acceptors (Lipinski definition) is 5. The predicted octanol–water partition coefficient (Wildman–Crippen LogP) is 3.99. The molecular formula is C26H32ClN5O2. The minimum atomic E-state index is -0.755. The molecule has 0 bridgehead atoms. The van der Waals surface area contributed by atoms with Crippen LogP contribution in [0, 0.1) is 0 Å². The molecule has 2 aromatic heterocycles. The van der Waals surface area contributed by atoms with Crippen molar-refractivity contribution < 1.29 is 9.90 Å². The van der Waals surface area contributed by atoms with E-state index in [1.807, 2.05) is 31.3 Å². The van der Waals surface area contributed by atoms with Crippen LogP contribution in [0.3, 0.4) is 0 Å². The van der Waals surface area contributed by atoms with Crippen LogP contribution in [-0.4, -0.2) is 44.2 Å². The number of pyridine rings is 1. The minimum absolute atomic E-state index is 0.00190. The van der Waals surface area contributed by atoms with Gasteiger partial charge in [0.1, 0.15) is 5.15 Å². The Kier molecular flexibility index (Phi) is 7.98. The van der Waals surface area contributed by atoms with E-state index < -0.39 is 6.10 Å². The number of fused-ring (bicyclic) bond motifs is 1. The standard InChI is InChI=1S/C26H32ClN5O2/c1-32(16-23-20-6-4-8-22(20)30-31-23)26(34)18-11-9-17(10-12-18)5-2-3-7-21(28)25(33)19-13-14-24(27)29-15-19/h9-15,21,25,33H,2-8,16,28H2,1H3,(H,30,31)/t21-,25-/m1/s1. The summed E-state index contributed by atoms with van der Waals surface area (Å²) >= 11 is 5.80. The molecule has 8 heteroatoms. The Bertz CT molecular complexity index is 1100. The highest BCUT2D eigenvalue weighted by Crippen LogP contribution is 2.24. The number of carbonyl (C=O) groups excluding carboxylic acids is 1. The maximum atomic E-state index is 12.9. The second kappa shape index (κ2) is 11.1. The van der Waals surface area contributed by atoms with E-state index >= 15 is 0 Å². The van der Waals surface area contributed by atoms with E-state index in [1.165, 1.54) is 16.8 Å². The van der Waals surface area contributed by atoms with Gasteiger partial charge in [-0.2, -0.15) is 5.10 Å². The average molecular weight is 482 g/mol. The highest BCUT2D eigenvalue weighted by Gasteiger charge is 2.21. The summed E-state index contributed by atoms with van der Waals surface area (Å²) in [5.74, 6) is -0.00190. The van der Waals surface area contributed by atoms with Crippen LogP contribution in [0.25, 0.3) is 0 Å². The third-order valence-corrected chi connectivity index (χ3v) is 6.80. The van der Waals surface area contributed by atoms with Crippen LogP contribution in [0.5, 0.6) is 0 Å². The van der Waals surface area contributed by atoms with Gasteiger partial charge in [0.05, 0.1) is 18.3 Å². The molecule has 0 spiro atoms. The van der Waals surface area contributed by atoms with Crippen molar-refractivity contribution in [1.82, 2.24) is 20.1 Å². The molecule has 1 aliphatic rings. The number of aromatic nitrogens is 3. The number of nitrogens with one attached hydrogen (secondary N) is 1. The van der Waals surface area contributed by atoms with Crippen molar-refractivity contribution in [2.45, 2.75) is 63.6 Å².